The number of sulfonamides is 1. The third-order valence-electron chi connectivity index (χ3n) is 4.14. The number of hydrogen-bond donors (Lipinski definition) is 1. The summed E-state index contributed by atoms with van der Waals surface area (Å²) in [5, 5.41) is 9.14. The van der Waals surface area contributed by atoms with Crippen LogP contribution in [0.5, 0.6) is 0 Å². The first-order chi connectivity index (χ1) is 12.8. The zero-order valence-electron chi connectivity index (χ0n) is 15.1. The van der Waals surface area contributed by atoms with Gasteiger partial charge in [0.15, 0.2) is 0 Å². The molecule has 0 atom stereocenters. The minimum absolute atomic E-state index is 0.00551. The lowest BCUT2D eigenvalue weighted by Crippen LogP contribution is -2.12. The Kier molecular flexibility index (Phi) is 5.29. The highest BCUT2D eigenvalue weighted by Gasteiger charge is 2.17. The number of nitrogens with zero attached hydrogens (tertiary/aromatic N) is 4. The van der Waals surface area contributed by atoms with Gasteiger partial charge in [0.05, 0.1) is 27.7 Å². The average Bonchev–Trinajstić information content (AvgIpc) is 3.20. The van der Waals surface area contributed by atoms with Crippen LogP contribution in [0.4, 0.5) is 0 Å². The molecule has 0 unspecified atom stereocenters. The van der Waals surface area contributed by atoms with E-state index in [1.165, 1.54) is 23.0 Å². The van der Waals surface area contributed by atoms with Crippen molar-refractivity contribution < 1.29 is 17.9 Å². The Morgan fingerprint density at radius 2 is 2.11 bits per heavy atom. The molecule has 10 heteroatoms. The molecular weight excluding hydrogens is 370 g/mol. The van der Waals surface area contributed by atoms with Crippen molar-refractivity contribution in [2.75, 3.05) is 0 Å². The van der Waals surface area contributed by atoms with Gasteiger partial charge >= 0.3 is 5.97 Å². The summed E-state index contributed by atoms with van der Waals surface area (Å²) in [6, 6.07) is 4.55. The van der Waals surface area contributed by atoms with Crippen LogP contribution in [0.3, 0.4) is 0 Å². The second-order valence-electron chi connectivity index (χ2n) is 6.21. The number of benzene rings is 1. The van der Waals surface area contributed by atoms with Gasteiger partial charge in [-0.05, 0) is 24.6 Å². The van der Waals surface area contributed by atoms with Crippen LogP contribution < -0.4 is 5.14 Å². The molecule has 2 aromatic heterocycles. The summed E-state index contributed by atoms with van der Waals surface area (Å²) in [6.07, 6.45) is 4.89. The number of hydrogen-bond acceptors (Lipinski definition) is 6. The SMILES string of the molecule is CCCCn1c(COC(=O)c2cnn(C)c2)nc2cc(S(N)(=O)=O)ccc21. The molecule has 0 saturated carbocycles. The Bertz CT molecular complexity index is 1080. The Labute approximate surface area is 156 Å². The largest absolute Gasteiger partial charge is 0.454 e. The number of nitrogens with two attached hydrogens (primary N) is 1. The van der Waals surface area contributed by atoms with Crippen molar-refractivity contribution >= 4 is 27.0 Å². The molecule has 0 radical (unpaired) electrons. The molecule has 144 valence electrons. The number of aryl methyl sites for hydroxylation is 2. The van der Waals surface area contributed by atoms with E-state index in [-0.39, 0.29) is 11.5 Å². The Morgan fingerprint density at radius 1 is 1.33 bits per heavy atom. The molecule has 3 aromatic rings. The van der Waals surface area contributed by atoms with Gasteiger partial charge in [0.2, 0.25) is 10.0 Å². The fourth-order valence-electron chi connectivity index (χ4n) is 2.75. The number of carbonyl (C=O) groups is 1. The summed E-state index contributed by atoms with van der Waals surface area (Å²) < 4.78 is 32.0. The summed E-state index contributed by atoms with van der Waals surface area (Å²) in [6.45, 7) is 2.72. The number of rotatable bonds is 7. The van der Waals surface area contributed by atoms with Gasteiger partial charge in [-0.1, -0.05) is 13.3 Å². The number of imidazole rings is 1. The smallest absolute Gasteiger partial charge is 0.341 e. The minimum atomic E-state index is -3.82. The van der Waals surface area contributed by atoms with Gasteiger partial charge in [-0.2, -0.15) is 5.10 Å². The standard InChI is InChI=1S/C17H21N5O4S/c1-3-4-7-22-15-6-5-13(27(18,24)25)8-14(15)20-16(22)11-26-17(23)12-9-19-21(2)10-12/h5-6,8-10H,3-4,7,11H2,1-2H3,(H2,18,24,25). The van der Waals surface area contributed by atoms with Crippen LogP contribution >= 0.6 is 0 Å². The third-order valence-corrected chi connectivity index (χ3v) is 5.05. The van der Waals surface area contributed by atoms with Gasteiger partial charge < -0.3 is 9.30 Å². The molecule has 0 aliphatic rings. The molecule has 0 spiro atoms. The van der Waals surface area contributed by atoms with Gasteiger partial charge in [0.1, 0.15) is 12.4 Å². The monoisotopic (exact) mass is 391 g/mol. The molecule has 0 amide bonds. The average molecular weight is 391 g/mol. The van der Waals surface area contributed by atoms with Crippen molar-refractivity contribution in [3.63, 3.8) is 0 Å². The second kappa shape index (κ2) is 7.49. The number of primary sulfonamides is 1. The van der Waals surface area contributed by atoms with E-state index in [4.69, 9.17) is 9.88 Å². The lowest BCUT2D eigenvalue weighted by atomic mass is 10.3. The molecule has 2 N–H and O–H groups in total. The molecular formula is C17H21N5O4S. The Morgan fingerprint density at radius 3 is 2.74 bits per heavy atom. The van der Waals surface area contributed by atoms with E-state index in [1.54, 1.807) is 19.3 Å². The quantitative estimate of drug-likeness (QED) is 0.610. The highest BCUT2D eigenvalue weighted by atomic mass is 32.2. The van der Waals surface area contributed by atoms with Crippen molar-refractivity contribution in [2.45, 2.75) is 37.8 Å². The number of ether oxygens (including phenoxy) is 1. The van der Waals surface area contributed by atoms with Crippen LogP contribution in [0.15, 0.2) is 35.5 Å². The molecule has 1 aromatic carbocycles. The van der Waals surface area contributed by atoms with Crippen molar-refractivity contribution in [3.8, 4) is 0 Å². The summed E-state index contributed by atoms with van der Waals surface area (Å²) >= 11 is 0. The first-order valence-electron chi connectivity index (χ1n) is 8.47. The number of esters is 1. The lowest BCUT2D eigenvalue weighted by Gasteiger charge is -2.09. The number of fused-ring (bicyclic) bond motifs is 1. The maximum absolute atomic E-state index is 12.1. The van der Waals surface area contributed by atoms with Crippen LogP contribution in [-0.4, -0.2) is 33.7 Å². The van der Waals surface area contributed by atoms with Crippen LogP contribution in [0.2, 0.25) is 0 Å². The van der Waals surface area contributed by atoms with E-state index in [1.807, 2.05) is 4.57 Å². The molecule has 0 bridgehead atoms. The van der Waals surface area contributed by atoms with Crippen LogP contribution in [0.1, 0.15) is 35.9 Å². The maximum atomic E-state index is 12.1. The van der Waals surface area contributed by atoms with Gasteiger partial charge in [-0.15, -0.1) is 0 Å². The van der Waals surface area contributed by atoms with E-state index in [9.17, 15) is 13.2 Å². The molecule has 0 aliphatic carbocycles. The van der Waals surface area contributed by atoms with E-state index < -0.39 is 16.0 Å². The molecule has 9 nitrogen and oxygen atoms in total. The van der Waals surface area contributed by atoms with Gasteiger partial charge in [-0.3, -0.25) is 4.68 Å². The van der Waals surface area contributed by atoms with Crippen molar-refractivity contribution in [2.24, 2.45) is 12.2 Å². The van der Waals surface area contributed by atoms with Gasteiger partial charge in [0.25, 0.3) is 0 Å². The highest BCUT2D eigenvalue weighted by molar-refractivity contribution is 7.89. The zero-order valence-corrected chi connectivity index (χ0v) is 15.9. The van der Waals surface area contributed by atoms with E-state index >= 15 is 0 Å². The fourth-order valence-corrected chi connectivity index (χ4v) is 3.29. The molecule has 0 saturated heterocycles. The first-order valence-corrected chi connectivity index (χ1v) is 10.0. The van der Waals surface area contributed by atoms with E-state index in [0.29, 0.717) is 23.4 Å². The summed E-state index contributed by atoms with van der Waals surface area (Å²) in [5.74, 6) is 0.0460. The van der Waals surface area contributed by atoms with Crippen LogP contribution in [0, 0.1) is 0 Å². The highest BCUT2D eigenvalue weighted by Crippen LogP contribution is 2.21. The molecule has 2 heterocycles. The normalized spacial score (nSPS) is 11.8. The van der Waals surface area contributed by atoms with E-state index in [0.717, 1.165) is 18.4 Å². The lowest BCUT2D eigenvalue weighted by molar-refractivity contribution is 0.0458. The van der Waals surface area contributed by atoms with Crippen LogP contribution in [-0.2, 0) is 35.0 Å². The fraction of sp³-hybridized carbons (Fsp3) is 0.353. The first kappa shape index (κ1) is 19.1. The van der Waals surface area contributed by atoms with Gasteiger partial charge in [-0.25, -0.2) is 23.3 Å². The Hall–Kier alpha value is -2.72. The minimum Gasteiger partial charge on any atom is -0.454 e. The molecule has 27 heavy (non-hydrogen) atoms. The van der Waals surface area contributed by atoms with Gasteiger partial charge in [0, 0.05) is 19.8 Å². The summed E-state index contributed by atoms with van der Waals surface area (Å²) in [7, 11) is -2.11. The molecule has 0 fully saturated rings. The number of carbonyl (C=O) groups excluding carboxylic acids is 1. The predicted octanol–water partition coefficient (Wildman–Crippen LogP) is 1.57. The number of aromatic nitrogens is 4. The zero-order chi connectivity index (χ0) is 19.6. The predicted molar refractivity (Wildman–Crippen MR) is 98.3 cm³/mol. The molecule has 0 aliphatic heterocycles. The second-order valence-corrected chi connectivity index (χ2v) is 7.77. The number of unbranched alkanes of at least 4 members (excludes halogenated alkanes) is 1. The van der Waals surface area contributed by atoms with Crippen molar-refractivity contribution in [1.82, 2.24) is 19.3 Å². The summed E-state index contributed by atoms with van der Waals surface area (Å²) in [4.78, 5) is 16.6. The van der Waals surface area contributed by atoms with Crippen molar-refractivity contribution in [3.05, 3.63) is 42.0 Å². The van der Waals surface area contributed by atoms with E-state index in [2.05, 4.69) is 17.0 Å². The third kappa shape index (κ3) is 4.17. The summed E-state index contributed by atoms with van der Waals surface area (Å²) in [5.41, 5.74) is 1.61. The molecule has 3 rings (SSSR count). The topological polar surface area (TPSA) is 122 Å². The van der Waals surface area contributed by atoms with Crippen molar-refractivity contribution in [1.29, 1.82) is 0 Å². The maximum Gasteiger partial charge on any atom is 0.341 e. The van der Waals surface area contributed by atoms with Crippen LogP contribution in [0.25, 0.3) is 11.0 Å². The Balaban J connectivity index is 1.91.